The fourth-order valence-corrected chi connectivity index (χ4v) is 3.51. The molecule has 2 saturated carbocycles. The summed E-state index contributed by atoms with van der Waals surface area (Å²) in [5.74, 6) is 2.00. The van der Waals surface area contributed by atoms with Gasteiger partial charge in [-0.15, -0.1) is 0 Å². The van der Waals surface area contributed by atoms with Crippen LogP contribution in [0.15, 0.2) is 4.99 Å². The molecule has 21 heavy (non-hydrogen) atoms. The Morgan fingerprint density at radius 2 is 2.19 bits per heavy atom. The number of hydrogen-bond acceptors (Lipinski definition) is 2. The van der Waals surface area contributed by atoms with Crippen LogP contribution >= 0.6 is 0 Å². The summed E-state index contributed by atoms with van der Waals surface area (Å²) in [7, 11) is 0. The lowest BCUT2D eigenvalue weighted by Crippen LogP contribution is -2.42. The molecule has 0 unspecified atom stereocenters. The van der Waals surface area contributed by atoms with Crippen molar-refractivity contribution in [1.29, 1.82) is 0 Å². The number of nitrogens with zero attached hydrogens (tertiary/aromatic N) is 2. The molecule has 1 heterocycles. The van der Waals surface area contributed by atoms with Gasteiger partial charge < -0.3 is 15.0 Å². The van der Waals surface area contributed by atoms with Crippen LogP contribution in [0.25, 0.3) is 0 Å². The Balaban J connectivity index is 1.38. The van der Waals surface area contributed by atoms with Crippen LogP contribution in [0.3, 0.4) is 0 Å². The molecule has 1 N–H and O–H groups in total. The Hall–Kier alpha value is -0.770. The Morgan fingerprint density at radius 3 is 2.81 bits per heavy atom. The lowest BCUT2D eigenvalue weighted by atomic mass is 9.68. The third kappa shape index (κ3) is 4.12. The molecule has 3 rings (SSSR count). The van der Waals surface area contributed by atoms with Gasteiger partial charge in [-0.05, 0) is 56.8 Å². The van der Waals surface area contributed by atoms with Crippen molar-refractivity contribution in [1.82, 2.24) is 10.2 Å². The molecular weight excluding hydrogens is 262 g/mol. The Kier molecular flexibility index (Phi) is 5.04. The number of rotatable bonds is 7. The van der Waals surface area contributed by atoms with E-state index in [2.05, 4.69) is 17.1 Å². The third-order valence-electron chi connectivity index (χ3n) is 5.25. The molecule has 0 aromatic rings. The summed E-state index contributed by atoms with van der Waals surface area (Å²) in [4.78, 5) is 7.28. The first-order valence-corrected chi connectivity index (χ1v) is 8.92. The van der Waals surface area contributed by atoms with E-state index in [-0.39, 0.29) is 0 Å². The number of likely N-dealkylation sites (tertiary alicyclic amines) is 1. The summed E-state index contributed by atoms with van der Waals surface area (Å²) in [6.07, 6.45) is 9.44. The minimum absolute atomic E-state index is 0.642. The topological polar surface area (TPSA) is 36.9 Å². The predicted molar refractivity (Wildman–Crippen MR) is 86.6 cm³/mol. The average molecular weight is 293 g/mol. The predicted octanol–water partition coefficient (Wildman–Crippen LogP) is 2.64. The fourth-order valence-electron chi connectivity index (χ4n) is 3.51. The molecule has 0 aromatic heterocycles. The van der Waals surface area contributed by atoms with E-state index >= 15 is 0 Å². The average Bonchev–Trinajstić information content (AvgIpc) is 3.15. The smallest absolute Gasteiger partial charge is 0.193 e. The molecule has 0 bridgehead atoms. The highest BCUT2D eigenvalue weighted by Crippen LogP contribution is 2.47. The highest BCUT2D eigenvalue weighted by atomic mass is 16.5. The zero-order valence-corrected chi connectivity index (χ0v) is 13.6. The summed E-state index contributed by atoms with van der Waals surface area (Å²) in [6.45, 7) is 8.24. The molecule has 0 radical (unpaired) electrons. The molecule has 120 valence electrons. The molecule has 0 atom stereocenters. The molecule has 1 saturated heterocycles. The maximum absolute atomic E-state index is 5.68. The molecule has 1 spiro atoms. The standard InChI is InChI=1S/C17H31N3O/c1-2-18-16(19-10-4-12-21-13-15-5-6-15)20-11-9-17(14-20)7-3-8-17/h15H,2-14H2,1H3,(H,18,19). The molecule has 1 aliphatic heterocycles. The minimum atomic E-state index is 0.642. The van der Waals surface area contributed by atoms with Gasteiger partial charge in [0, 0.05) is 39.4 Å². The van der Waals surface area contributed by atoms with Crippen molar-refractivity contribution in [2.75, 3.05) is 39.4 Å². The van der Waals surface area contributed by atoms with Crippen LogP contribution in [0.4, 0.5) is 0 Å². The lowest BCUT2D eigenvalue weighted by molar-refractivity contribution is 0.123. The maximum Gasteiger partial charge on any atom is 0.193 e. The largest absolute Gasteiger partial charge is 0.381 e. The van der Waals surface area contributed by atoms with Crippen molar-refractivity contribution in [3.63, 3.8) is 0 Å². The Morgan fingerprint density at radius 1 is 1.33 bits per heavy atom. The Labute approximate surface area is 129 Å². The van der Waals surface area contributed by atoms with Crippen LogP contribution in [-0.2, 0) is 4.74 Å². The second kappa shape index (κ2) is 6.99. The van der Waals surface area contributed by atoms with Crippen LogP contribution < -0.4 is 5.32 Å². The van der Waals surface area contributed by atoms with Gasteiger partial charge in [-0.2, -0.15) is 0 Å². The van der Waals surface area contributed by atoms with Gasteiger partial charge in [-0.3, -0.25) is 4.99 Å². The fraction of sp³-hybridized carbons (Fsp3) is 0.941. The van der Waals surface area contributed by atoms with Crippen molar-refractivity contribution in [2.24, 2.45) is 16.3 Å². The van der Waals surface area contributed by atoms with Crippen molar-refractivity contribution >= 4 is 5.96 Å². The van der Waals surface area contributed by atoms with E-state index < -0.39 is 0 Å². The van der Waals surface area contributed by atoms with Gasteiger partial charge in [0.2, 0.25) is 0 Å². The summed E-state index contributed by atoms with van der Waals surface area (Å²) >= 11 is 0. The van der Waals surface area contributed by atoms with Crippen molar-refractivity contribution in [2.45, 2.75) is 51.9 Å². The zero-order chi connectivity index (χ0) is 14.5. The van der Waals surface area contributed by atoms with Crippen LogP contribution in [0.5, 0.6) is 0 Å². The van der Waals surface area contributed by atoms with E-state index in [1.165, 1.54) is 51.6 Å². The first kappa shape index (κ1) is 15.1. The molecule has 4 heteroatoms. The van der Waals surface area contributed by atoms with Crippen LogP contribution in [0, 0.1) is 11.3 Å². The van der Waals surface area contributed by atoms with Gasteiger partial charge in [0.15, 0.2) is 5.96 Å². The number of guanidine groups is 1. The van der Waals surface area contributed by atoms with E-state index in [0.717, 1.165) is 44.6 Å². The van der Waals surface area contributed by atoms with Crippen molar-refractivity contribution in [3.05, 3.63) is 0 Å². The first-order chi connectivity index (χ1) is 10.3. The van der Waals surface area contributed by atoms with Crippen LogP contribution in [0.1, 0.15) is 51.9 Å². The second-order valence-corrected chi connectivity index (χ2v) is 7.13. The van der Waals surface area contributed by atoms with Gasteiger partial charge in [-0.25, -0.2) is 0 Å². The second-order valence-electron chi connectivity index (χ2n) is 7.13. The van der Waals surface area contributed by atoms with Gasteiger partial charge in [-0.1, -0.05) is 6.42 Å². The van der Waals surface area contributed by atoms with E-state index in [4.69, 9.17) is 9.73 Å². The molecular formula is C17H31N3O. The van der Waals surface area contributed by atoms with Crippen molar-refractivity contribution in [3.8, 4) is 0 Å². The van der Waals surface area contributed by atoms with Crippen LogP contribution in [-0.4, -0.2) is 50.3 Å². The van der Waals surface area contributed by atoms with E-state index in [1.807, 2.05) is 0 Å². The summed E-state index contributed by atoms with van der Waals surface area (Å²) < 4.78 is 5.68. The van der Waals surface area contributed by atoms with E-state index in [9.17, 15) is 0 Å². The highest BCUT2D eigenvalue weighted by molar-refractivity contribution is 5.80. The molecule has 3 fully saturated rings. The third-order valence-corrected chi connectivity index (χ3v) is 5.25. The molecule has 0 amide bonds. The number of hydrogen-bond donors (Lipinski definition) is 1. The van der Waals surface area contributed by atoms with Crippen LogP contribution in [0.2, 0.25) is 0 Å². The van der Waals surface area contributed by atoms with Gasteiger partial charge >= 0.3 is 0 Å². The van der Waals surface area contributed by atoms with Gasteiger partial charge in [0.05, 0.1) is 0 Å². The van der Waals surface area contributed by atoms with Crippen molar-refractivity contribution < 1.29 is 4.74 Å². The van der Waals surface area contributed by atoms with Gasteiger partial charge in [0.25, 0.3) is 0 Å². The SMILES string of the molecule is CCNC(=NCCCOCC1CC1)N1CCC2(CCC2)C1. The molecule has 4 nitrogen and oxygen atoms in total. The summed E-state index contributed by atoms with van der Waals surface area (Å²) in [6, 6.07) is 0. The normalized spacial score (nSPS) is 24.4. The molecule has 3 aliphatic rings. The molecule has 2 aliphatic carbocycles. The minimum Gasteiger partial charge on any atom is -0.381 e. The zero-order valence-electron chi connectivity index (χ0n) is 13.6. The van der Waals surface area contributed by atoms with E-state index in [1.54, 1.807) is 0 Å². The summed E-state index contributed by atoms with van der Waals surface area (Å²) in [5, 5.41) is 3.46. The number of aliphatic imine (C=N–C) groups is 1. The molecule has 0 aromatic carbocycles. The van der Waals surface area contributed by atoms with E-state index in [0.29, 0.717) is 5.41 Å². The Bertz CT molecular complexity index is 361. The maximum atomic E-state index is 5.68. The number of ether oxygens (including phenoxy) is 1. The summed E-state index contributed by atoms with van der Waals surface area (Å²) in [5.41, 5.74) is 0.642. The number of nitrogens with one attached hydrogen (secondary N) is 1. The first-order valence-electron chi connectivity index (χ1n) is 8.92. The van der Waals surface area contributed by atoms with Gasteiger partial charge in [0.1, 0.15) is 0 Å². The lowest BCUT2D eigenvalue weighted by Gasteiger charge is -2.38. The monoisotopic (exact) mass is 293 g/mol. The quantitative estimate of drug-likeness (QED) is 0.445. The highest BCUT2D eigenvalue weighted by Gasteiger charge is 2.43.